The highest BCUT2D eigenvalue weighted by molar-refractivity contribution is 5.83. The molecule has 1 aliphatic rings. The van der Waals surface area contributed by atoms with Crippen LogP contribution in [0.25, 0.3) is 11.0 Å². The number of imidazole rings is 1. The molecule has 3 heterocycles. The Morgan fingerprint density at radius 3 is 3.16 bits per heavy atom. The van der Waals surface area contributed by atoms with E-state index >= 15 is 0 Å². The van der Waals surface area contributed by atoms with Crippen molar-refractivity contribution < 1.29 is 4.79 Å². The van der Waals surface area contributed by atoms with Gasteiger partial charge in [0.1, 0.15) is 11.3 Å². The molecule has 0 spiro atoms. The van der Waals surface area contributed by atoms with Gasteiger partial charge in [0.2, 0.25) is 5.91 Å². The molecule has 2 aromatic rings. The third-order valence-corrected chi connectivity index (χ3v) is 3.46. The summed E-state index contributed by atoms with van der Waals surface area (Å²) in [4.78, 5) is 20.5. The second kappa shape index (κ2) is 4.97. The molecule has 0 bridgehead atoms. The number of aryl methyl sites for hydroxylation is 1. The van der Waals surface area contributed by atoms with Crippen LogP contribution in [0.5, 0.6) is 0 Å². The van der Waals surface area contributed by atoms with Gasteiger partial charge in [-0.25, -0.2) is 4.98 Å². The third kappa shape index (κ3) is 2.19. The number of aromatic nitrogens is 3. The zero-order chi connectivity index (χ0) is 13.2. The first-order valence-electron chi connectivity index (χ1n) is 6.60. The summed E-state index contributed by atoms with van der Waals surface area (Å²) >= 11 is 0. The van der Waals surface area contributed by atoms with E-state index in [1.54, 1.807) is 12.4 Å². The number of carbonyl (C=O) groups is 1. The van der Waals surface area contributed by atoms with Crippen LogP contribution in [0.3, 0.4) is 0 Å². The van der Waals surface area contributed by atoms with Crippen molar-refractivity contribution in [2.75, 3.05) is 13.1 Å². The molecule has 2 aromatic heterocycles. The number of amides is 1. The van der Waals surface area contributed by atoms with Crippen molar-refractivity contribution in [3.05, 3.63) is 24.3 Å². The van der Waals surface area contributed by atoms with Gasteiger partial charge in [0, 0.05) is 32.3 Å². The van der Waals surface area contributed by atoms with Gasteiger partial charge in [-0.15, -0.1) is 0 Å². The number of carbonyl (C=O) groups excluding carboxylic acids is 1. The van der Waals surface area contributed by atoms with Gasteiger partial charge in [-0.1, -0.05) is 0 Å². The number of pyridine rings is 1. The van der Waals surface area contributed by atoms with Crippen molar-refractivity contribution in [1.29, 1.82) is 0 Å². The van der Waals surface area contributed by atoms with Crippen molar-refractivity contribution >= 4 is 16.9 Å². The first kappa shape index (κ1) is 12.1. The highest BCUT2D eigenvalue weighted by Crippen LogP contribution is 2.16. The highest BCUT2D eigenvalue weighted by Gasteiger charge is 2.24. The van der Waals surface area contributed by atoms with Gasteiger partial charge < -0.3 is 15.2 Å². The van der Waals surface area contributed by atoms with Crippen LogP contribution in [0, 0.1) is 0 Å². The number of nitrogens with zero attached hydrogens (tertiary/aromatic N) is 3. The second-order valence-electron chi connectivity index (χ2n) is 4.64. The maximum Gasteiger partial charge on any atom is 0.237 e. The molecule has 1 aliphatic heterocycles. The van der Waals surface area contributed by atoms with Gasteiger partial charge >= 0.3 is 0 Å². The van der Waals surface area contributed by atoms with Crippen LogP contribution in [-0.4, -0.2) is 39.6 Å². The predicted octanol–water partition coefficient (Wildman–Crippen LogP) is 0.0817. The fourth-order valence-electron chi connectivity index (χ4n) is 2.54. The van der Waals surface area contributed by atoms with Gasteiger partial charge in [0.25, 0.3) is 0 Å². The molecule has 0 aliphatic carbocycles. The molecule has 100 valence electrons. The Morgan fingerprint density at radius 1 is 1.47 bits per heavy atom. The Morgan fingerprint density at radius 2 is 2.37 bits per heavy atom. The summed E-state index contributed by atoms with van der Waals surface area (Å²) in [5, 5.41) is 6.10. The lowest BCUT2D eigenvalue weighted by molar-refractivity contribution is -0.124. The molecule has 0 radical (unpaired) electrons. The van der Waals surface area contributed by atoms with E-state index in [0.29, 0.717) is 13.0 Å². The zero-order valence-corrected chi connectivity index (χ0v) is 10.9. The minimum atomic E-state index is -0.191. The molecule has 0 aromatic carbocycles. The fourth-order valence-corrected chi connectivity index (χ4v) is 2.54. The van der Waals surface area contributed by atoms with Crippen LogP contribution in [0.2, 0.25) is 0 Å². The van der Waals surface area contributed by atoms with E-state index in [2.05, 4.69) is 32.1 Å². The van der Waals surface area contributed by atoms with Crippen molar-refractivity contribution in [2.45, 2.75) is 25.9 Å². The van der Waals surface area contributed by atoms with Crippen LogP contribution >= 0.6 is 0 Å². The monoisotopic (exact) mass is 259 g/mol. The first-order valence-corrected chi connectivity index (χ1v) is 6.60. The number of hydrogen-bond donors (Lipinski definition) is 2. The number of piperazine rings is 1. The van der Waals surface area contributed by atoms with E-state index < -0.39 is 0 Å². The topological polar surface area (TPSA) is 71.8 Å². The molecule has 1 saturated heterocycles. The largest absolute Gasteiger partial charge is 0.353 e. The SMILES string of the molecule is CCn1c(CC2NCCNC2=O)nc2cnccc21. The lowest BCUT2D eigenvalue weighted by Gasteiger charge is -2.23. The van der Waals surface area contributed by atoms with Gasteiger partial charge in [-0.05, 0) is 13.0 Å². The van der Waals surface area contributed by atoms with Gasteiger partial charge in [0.15, 0.2) is 0 Å². The summed E-state index contributed by atoms with van der Waals surface area (Å²) < 4.78 is 2.14. The molecule has 2 N–H and O–H groups in total. The Balaban J connectivity index is 1.93. The van der Waals surface area contributed by atoms with E-state index in [1.807, 2.05) is 6.07 Å². The molecule has 0 saturated carbocycles. The molecule has 1 unspecified atom stereocenters. The average Bonchev–Trinajstić information content (AvgIpc) is 2.78. The number of fused-ring (bicyclic) bond motifs is 1. The zero-order valence-electron chi connectivity index (χ0n) is 10.9. The lowest BCUT2D eigenvalue weighted by Crippen LogP contribution is -2.54. The Labute approximate surface area is 111 Å². The van der Waals surface area contributed by atoms with E-state index in [0.717, 1.165) is 29.9 Å². The molecule has 6 nitrogen and oxygen atoms in total. The smallest absolute Gasteiger partial charge is 0.237 e. The fraction of sp³-hybridized carbons (Fsp3) is 0.462. The summed E-state index contributed by atoms with van der Waals surface area (Å²) in [5.41, 5.74) is 1.96. The van der Waals surface area contributed by atoms with E-state index in [4.69, 9.17) is 0 Å². The van der Waals surface area contributed by atoms with Crippen molar-refractivity contribution in [3.8, 4) is 0 Å². The molecule has 1 fully saturated rings. The van der Waals surface area contributed by atoms with Gasteiger partial charge in [-0.2, -0.15) is 0 Å². The van der Waals surface area contributed by atoms with Crippen molar-refractivity contribution in [1.82, 2.24) is 25.2 Å². The summed E-state index contributed by atoms with van der Waals surface area (Å²) in [6, 6.07) is 1.77. The molecular weight excluding hydrogens is 242 g/mol. The summed E-state index contributed by atoms with van der Waals surface area (Å²) in [7, 11) is 0. The quantitative estimate of drug-likeness (QED) is 0.819. The normalized spacial score (nSPS) is 19.6. The third-order valence-electron chi connectivity index (χ3n) is 3.46. The Kier molecular flexibility index (Phi) is 3.16. The molecule has 1 amide bonds. The highest BCUT2D eigenvalue weighted by atomic mass is 16.2. The van der Waals surface area contributed by atoms with Gasteiger partial charge in [-0.3, -0.25) is 9.78 Å². The van der Waals surface area contributed by atoms with Gasteiger partial charge in [0.05, 0.1) is 17.8 Å². The van der Waals surface area contributed by atoms with E-state index in [-0.39, 0.29) is 11.9 Å². The van der Waals surface area contributed by atoms with Crippen LogP contribution in [-0.2, 0) is 17.8 Å². The number of nitrogens with one attached hydrogen (secondary N) is 2. The minimum Gasteiger partial charge on any atom is -0.353 e. The minimum absolute atomic E-state index is 0.0547. The standard InChI is InChI=1S/C13H17N5O/c1-2-18-11-3-4-14-8-10(11)17-12(18)7-9-13(19)16-6-5-15-9/h3-4,8-9,15H,2,5-7H2,1H3,(H,16,19). The molecule has 1 atom stereocenters. The molecule has 3 rings (SSSR count). The summed E-state index contributed by atoms with van der Waals surface area (Å²) in [6.07, 6.45) is 4.14. The Bertz CT molecular complexity index is 606. The van der Waals surface area contributed by atoms with Crippen molar-refractivity contribution in [3.63, 3.8) is 0 Å². The maximum atomic E-state index is 11.8. The van der Waals surface area contributed by atoms with Crippen LogP contribution in [0.15, 0.2) is 18.5 Å². The maximum absolute atomic E-state index is 11.8. The number of hydrogen-bond acceptors (Lipinski definition) is 4. The van der Waals surface area contributed by atoms with Crippen molar-refractivity contribution in [2.24, 2.45) is 0 Å². The van der Waals surface area contributed by atoms with Crippen LogP contribution < -0.4 is 10.6 Å². The first-order chi connectivity index (χ1) is 9.29. The summed E-state index contributed by atoms with van der Waals surface area (Å²) in [5.74, 6) is 0.985. The molecular formula is C13H17N5O. The van der Waals surface area contributed by atoms with Crippen LogP contribution in [0.1, 0.15) is 12.7 Å². The predicted molar refractivity (Wildman–Crippen MR) is 71.7 cm³/mol. The van der Waals surface area contributed by atoms with E-state index in [1.165, 1.54) is 0 Å². The average molecular weight is 259 g/mol. The lowest BCUT2D eigenvalue weighted by atomic mass is 10.1. The summed E-state index contributed by atoms with van der Waals surface area (Å²) in [6.45, 7) is 4.43. The van der Waals surface area contributed by atoms with Crippen LogP contribution in [0.4, 0.5) is 0 Å². The second-order valence-corrected chi connectivity index (χ2v) is 4.64. The van der Waals surface area contributed by atoms with E-state index in [9.17, 15) is 4.79 Å². The molecule has 6 heteroatoms. The Hall–Kier alpha value is -1.95. The number of rotatable bonds is 3. The molecule has 19 heavy (non-hydrogen) atoms.